The van der Waals surface area contributed by atoms with E-state index in [4.69, 9.17) is 0 Å². The Kier molecular flexibility index (Phi) is 6.49. The van der Waals surface area contributed by atoms with Crippen LogP contribution in [-0.4, -0.2) is 36.4 Å². The molecule has 7 heteroatoms. The average Bonchev–Trinajstić information content (AvgIpc) is 3.12. The Labute approximate surface area is 171 Å². The molecule has 0 radical (unpaired) electrons. The minimum atomic E-state index is -3.25. The minimum absolute atomic E-state index is 0.0405. The zero-order valence-electron chi connectivity index (χ0n) is 16.6. The highest BCUT2D eigenvalue weighted by atomic mass is 32.2. The third kappa shape index (κ3) is 5.12. The lowest BCUT2D eigenvalue weighted by Gasteiger charge is -2.06. The van der Waals surface area contributed by atoms with Gasteiger partial charge in [-0.25, -0.2) is 13.1 Å². The number of nitrogens with zero attached hydrogens (tertiary/aromatic N) is 2. The van der Waals surface area contributed by atoms with Crippen LogP contribution < -0.4 is 5.32 Å². The molecule has 2 aromatic carbocycles. The van der Waals surface area contributed by atoms with Gasteiger partial charge in [0.05, 0.1) is 22.0 Å². The van der Waals surface area contributed by atoms with Crippen molar-refractivity contribution in [1.82, 2.24) is 15.1 Å². The molecule has 0 bridgehead atoms. The van der Waals surface area contributed by atoms with Gasteiger partial charge in [-0.15, -0.1) is 0 Å². The minimum Gasteiger partial charge on any atom is -0.352 e. The number of carbonyl (C=O) groups excluding carboxylic acids is 1. The number of para-hydroxylation sites is 1. The topological polar surface area (TPSA) is 81.1 Å². The first-order valence-corrected chi connectivity index (χ1v) is 11.3. The number of hydrogen-bond donors (Lipinski definition) is 1. The summed E-state index contributed by atoms with van der Waals surface area (Å²) < 4.78 is 25.6. The third-order valence-corrected chi connectivity index (χ3v) is 6.54. The smallest absolute Gasteiger partial charge is 0.251 e. The molecular weight excluding hydrogens is 386 g/mol. The zero-order valence-corrected chi connectivity index (χ0v) is 17.4. The fourth-order valence-corrected chi connectivity index (χ4v) is 3.90. The van der Waals surface area contributed by atoms with E-state index in [2.05, 4.69) is 10.4 Å². The molecule has 1 N–H and O–H groups in total. The van der Waals surface area contributed by atoms with E-state index >= 15 is 0 Å². The van der Waals surface area contributed by atoms with Crippen LogP contribution in [0.3, 0.4) is 0 Å². The number of hydrogen-bond acceptors (Lipinski definition) is 4. The molecule has 3 aromatic rings. The average molecular weight is 412 g/mol. The molecule has 1 amide bonds. The van der Waals surface area contributed by atoms with Gasteiger partial charge in [0.15, 0.2) is 9.84 Å². The zero-order chi connectivity index (χ0) is 20.9. The predicted molar refractivity (Wildman–Crippen MR) is 113 cm³/mol. The van der Waals surface area contributed by atoms with Crippen LogP contribution in [0.4, 0.5) is 0 Å². The van der Waals surface area contributed by atoms with Crippen molar-refractivity contribution in [1.29, 1.82) is 0 Å². The van der Waals surface area contributed by atoms with Crippen molar-refractivity contribution in [2.24, 2.45) is 0 Å². The molecule has 0 atom stereocenters. The standard InChI is InChI=1S/C22H25N3O3S/c1-3-29(27,28)21-13-11-18(12-14-21)22(26)23-15-7-8-19-16-25(24-17(19)2)20-9-5-4-6-10-20/h4-6,9-14,16H,3,7-8,15H2,1-2H3,(H,23,26). The number of aryl methyl sites for hydroxylation is 2. The Morgan fingerprint density at radius 1 is 1.07 bits per heavy atom. The van der Waals surface area contributed by atoms with E-state index in [1.165, 1.54) is 12.1 Å². The Morgan fingerprint density at radius 2 is 1.76 bits per heavy atom. The fraction of sp³-hybridized carbons (Fsp3) is 0.273. The molecule has 6 nitrogen and oxygen atoms in total. The molecule has 152 valence electrons. The molecular formula is C22H25N3O3S. The van der Waals surface area contributed by atoms with Crippen LogP contribution in [0.25, 0.3) is 5.69 Å². The van der Waals surface area contributed by atoms with Crippen molar-refractivity contribution in [3.8, 4) is 5.69 Å². The highest BCUT2D eigenvalue weighted by molar-refractivity contribution is 7.91. The summed E-state index contributed by atoms with van der Waals surface area (Å²) in [6, 6.07) is 16.0. The summed E-state index contributed by atoms with van der Waals surface area (Å²) in [4.78, 5) is 12.5. The van der Waals surface area contributed by atoms with Crippen LogP contribution >= 0.6 is 0 Å². The second-order valence-electron chi connectivity index (χ2n) is 6.81. The number of aromatic nitrogens is 2. The van der Waals surface area contributed by atoms with E-state index in [9.17, 15) is 13.2 Å². The van der Waals surface area contributed by atoms with E-state index in [-0.39, 0.29) is 16.6 Å². The number of amides is 1. The molecule has 29 heavy (non-hydrogen) atoms. The van der Waals surface area contributed by atoms with Crippen LogP contribution in [0, 0.1) is 6.92 Å². The van der Waals surface area contributed by atoms with Crippen LogP contribution in [0.15, 0.2) is 65.7 Å². The van der Waals surface area contributed by atoms with E-state index < -0.39 is 9.84 Å². The Bertz CT molecular complexity index is 1070. The molecule has 0 spiro atoms. The summed E-state index contributed by atoms with van der Waals surface area (Å²) in [7, 11) is -3.25. The van der Waals surface area contributed by atoms with E-state index in [0.29, 0.717) is 12.1 Å². The molecule has 0 saturated carbocycles. The number of benzene rings is 2. The van der Waals surface area contributed by atoms with Crippen LogP contribution in [0.2, 0.25) is 0 Å². The van der Waals surface area contributed by atoms with E-state index in [1.807, 2.05) is 48.1 Å². The van der Waals surface area contributed by atoms with Crippen molar-refractivity contribution in [3.05, 3.63) is 77.6 Å². The molecule has 1 aromatic heterocycles. The van der Waals surface area contributed by atoms with Gasteiger partial charge in [-0.1, -0.05) is 25.1 Å². The second kappa shape index (κ2) is 9.05. The summed E-state index contributed by atoms with van der Waals surface area (Å²) in [5.74, 6) is -0.166. The van der Waals surface area contributed by atoms with Gasteiger partial charge in [0, 0.05) is 18.3 Å². The van der Waals surface area contributed by atoms with Gasteiger partial charge in [-0.3, -0.25) is 4.79 Å². The summed E-state index contributed by atoms with van der Waals surface area (Å²) in [6.07, 6.45) is 3.63. The van der Waals surface area contributed by atoms with Gasteiger partial charge >= 0.3 is 0 Å². The summed E-state index contributed by atoms with van der Waals surface area (Å²) >= 11 is 0. The number of carbonyl (C=O) groups is 1. The fourth-order valence-electron chi connectivity index (χ4n) is 3.02. The predicted octanol–water partition coefficient (Wildman–Crippen LogP) is 3.34. The second-order valence-corrected chi connectivity index (χ2v) is 9.09. The lowest BCUT2D eigenvalue weighted by molar-refractivity contribution is 0.0953. The lowest BCUT2D eigenvalue weighted by Crippen LogP contribution is -2.24. The van der Waals surface area contributed by atoms with Crippen LogP contribution in [0.1, 0.15) is 35.0 Å². The van der Waals surface area contributed by atoms with E-state index in [0.717, 1.165) is 29.8 Å². The molecule has 0 saturated heterocycles. The van der Waals surface area contributed by atoms with Gasteiger partial charge in [0.2, 0.25) is 0 Å². The van der Waals surface area contributed by atoms with Gasteiger partial charge in [0.1, 0.15) is 0 Å². The van der Waals surface area contributed by atoms with Gasteiger partial charge in [-0.05, 0) is 61.7 Å². The van der Waals surface area contributed by atoms with Crippen molar-refractivity contribution < 1.29 is 13.2 Å². The van der Waals surface area contributed by atoms with Crippen molar-refractivity contribution in [3.63, 3.8) is 0 Å². The van der Waals surface area contributed by atoms with Crippen LogP contribution in [-0.2, 0) is 16.3 Å². The molecule has 0 aliphatic heterocycles. The largest absolute Gasteiger partial charge is 0.352 e. The number of nitrogens with one attached hydrogen (secondary N) is 1. The van der Waals surface area contributed by atoms with Gasteiger partial charge in [0.25, 0.3) is 5.91 Å². The first kappa shape index (κ1) is 20.8. The monoisotopic (exact) mass is 411 g/mol. The molecule has 3 rings (SSSR count). The Hall–Kier alpha value is -2.93. The molecule has 0 fully saturated rings. The SMILES string of the molecule is CCS(=O)(=O)c1ccc(C(=O)NCCCc2cn(-c3ccccc3)nc2C)cc1. The first-order valence-electron chi connectivity index (χ1n) is 9.62. The normalized spacial score (nSPS) is 11.4. The van der Waals surface area contributed by atoms with E-state index in [1.54, 1.807) is 19.1 Å². The molecule has 0 unspecified atom stereocenters. The van der Waals surface area contributed by atoms with Gasteiger partial charge in [-0.2, -0.15) is 5.10 Å². The number of sulfone groups is 1. The van der Waals surface area contributed by atoms with Gasteiger partial charge < -0.3 is 5.32 Å². The maximum Gasteiger partial charge on any atom is 0.251 e. The maximum absolute atomic E-state index is 12.3. The summed E-state index contributed by atoms with van der Waals surface area (Å²) in [5, 5.41) is 7.44. The molecule has 0 aliphatic carbocycles. The molecule has 0 aliphatic rings. The first-order chi connectivity index (χ1) is 13.9. The Balaban J connectivity index is 1.52. The quantitative estimate of drug-likeness (QED) is 0.577. The lowest BCUT2D eigenvalue weighted by atomic mass is 10.1. The third-order valence-electron chi connectivity index (χ3n) is 4.79. The highest BCUT2D eigenvalue weighted by Gasteiger charge is 2.13. The van der Waals surface area contributed by atoms with Crippen molar-refractivity contribution >= 4 is 15.7 Å². The summed E-state index contributed by atoms with van der Waals surface area (Å²) in [5.41, 5.74) is 3.60. The van der Waals surface area contributed by atoms with Crippen molar-refractivity contribution in [2.75, 3.05) is 12.3 Å². The summed E-state index contributed by atoms with van der Waals surface area (Å²) in [6.45, 7) is 4.12. The maximum atomic E-state index is 12.3. The molecule has 1 heterocycles. The Morgan fingerprint density at radius 3 is 2.41 bits per heavy atom. The van der Waals surface area contributed by atoms with Crippen molar-refractivity contribution in [2.45, 2.75) is 31.6 Å². The highest BCUT2D eigenvalue weighted by Crippen LogP contribution is 2.14. The van der Waals surface area contributed by atoms with Crippen LogP contribution in [0.5, 0.6) is 0 Å². The number of rotatable bonds is 8.